The van der Waals surface area contributed by atoms with Crippen molar-refractivity contribution >= 4 is 52.2 Å². The third-order valence-corrected chi connectivity index (χ3v) is 3.67. The predicted molar refractivity (Wildman–Crippen MR) is 112 cm³/mol. The van der Waals surface area contributed by atoms with Gasteiger partial charge in [0.05, 0.1) is 12.9 Å². The second-order valence-corrected chi connectivity index (χ2v) is 9.58. The van der Waals surface area contributed by atoms with Crippen LogP contribution in [-0.2, 0) is 18.4 Å². The monoisotopic (exact) mass is 595 g/mol. The molecule has 14 N–H and O–H groups in total. The number of H-pyrrole nitrogens is 1. The fourth-order valence-electron chi connectivity index (χ4n) is 2.21. The van der Waals surface area contributed by atoms with E-state index in [0.717, 1.165) is 0 Å². The molecule has 0 spiro atoms. The number of phosphoric acid groups is 3. The number of hydrogen-bond donors (Lipinski definition) is 13. The summed E-state index contributed by atoms with van der Waals surface area (Å²) in [5.41, 5.74) is 5.31. The molecular weight excluding hydrogens is 575 g/mol. The molecule has 0 saturated carbocycles. The van der Waals surface area contributed by atoms with Gasteiger partial charge in [-0.2, -0.15) is 4.98 Å². The quantitative estimate of drug-likeness (QED) is 0.115. The van der Waals surface area contributed by atoms with Gasteiger partial charge in [0.15, 0.2) is 17.4 Å². The number of alkyl halides is 1. The van der Waals surface area contributed by atoms with Crippen LogP contribution in [0.5, 0.6) is 0 Å². The molecule has 0 unspecified atom stereocenters. The Balaban J connectivity index is 0.000000635. The first-order valence-electron chi connectivity index (χ1n) is 8.18. The Hall–Kier alpha value is -1.35. The Bertz CT molecular complexity index is 1080. The van der Waals surface area contributed by atoms with Gasteiger partial charge in [-0.25, -0.2) is 18.7 Å². The van der Waals surface area contributed by atoms with E-state index in [1.165, 1.54) is 10.9 Å². The van der Waals surface area contributed by atoms with E-state index in [0.29, 0.717) is 0 Å². The number of aliphatic hydroxyl groups is 2. The second kappa shape index (κ2) is 13.3. The highest BCUT2D eigenvalue weighted by Crippen LogP contribution is 2.34. The number of nitrogen functional groups attached to an aromatic ring is 1. The molecule has 3 heterocycles. The third-order valence-electron chi connectivity index (χ3n) is 3.20. The van der Waals surface area contributed by atoms with Gasteiger partial charge in [0.2, 0.25) is 5.95 Å². The summed E-state index contributed by atoms with van der Waals surface area (Å²) in [5, 5.41) is 18.1. The number of hydrogen-bond acceptors (Lipinski definition) is 10. The lowest BCUT2D eigenvalue weighted by Crippen LogP contribution is -2.29. The van der Waals surface area contributed by atoms with Crippen molar-refractivity contribution in [3.63, 3.8) is 0 Å². The van der Waals surface area contributed by atoms with Gasteiger partial charge in [-0.05, 0) is 0 Å². The van der Waals surface area contributed by atoms with Gasteiger partial charge in [0.1, 0.15) is 17.6 Å². The summed E-state index contributed by atoms with van der Waals surface area (Å²) in [6.07, 6.45) is -1.32. The summed E-state index contributed by atoms with van der Waals surface area (Å²) in [6, 6.07) is 0. The fourth-order valence-corrected chi connectivity index (χ4v) is 2.55. The zero-order chi connectivity index (χ0) is 27.9. The van der Waals surface area contributed by atoms with E-state index in [1.54, 1.807) is 0 Å². The number of halogens is 1. The molecule has 0 radical (unpaired) electrons. The Morgan fingerprint density at radius 3 is 1.83 bits per heavy atom. The third kappa shape index (κ3) is 14.7. The lowest BCUT2D eigenvalue weighted by atomic mass is 10.2. The van der Waals surface area contributed by atoms with Crippen LogP contribution in [0.2, 0.25) is 0 Å². The Kier molecular flexibility index (Phi) is 12.8. The van der Waals surface area contributed by atoms with E-state index in [2.05, 4.69) is 15.0 Å². The summed E-state index contributed by atoms with van der Waals surface area (Å²) in [5.74, 6) is -0.0624. The minimum atomic E-state index is -4.64. The van der Waals surface area contributed by atoms with E-state index < -0.39 is 52.8 Å². The van der Waals surface area contributed by atoms with Gasteiger partial charge in [-0.15, -0.1) is 11.6 Å². The van der Waals surface area contributed by atoms with Gasteiger partial charge < -0.3 is 64.7 Å². The summed E-state index contributed by atoms with van der Waals surface area (Å²) in [6.45, 7) is -0.371. The lowest BCUT2D eigenvalue weighted by molar-refractivity contribution is -0.0431. The van der Waals surface area contributed by atoms with Crippen LogP contribution in [0, 0.1) is 0 Å². The Labute approximate surface area is 197 Å². The first-order valence-corrected chi connectivity index (χ1v) is 13.3. The number of rotatable bonds is 2. The van der Waals surface area contributed by atoms with Gasteiger partial charge in [0, 0.05) is 0 Å². The largest absolute Gasteiger partial charge is 0.466 e. The highest BCUT2D eigenvalue weighted by atomic mass is 35.5. The number of aromatic nitrogens is 4. The zero-order valence-electron chi connectivity index (χ0n) is 16.7. The van der Waals surface area contributed by atoms with Crippen LogP contribution in [0.1, 0.15) is 6.23 Å². The molecule has 1 fully saturated rings. The number of anilines is 1. The molecule has 1 aliphatic rings. The molecular formula is C10H21ClN5O16P3. The van der Waals surface area contributed by atoms with Crippen LogP contribution in [0.15, 0.2) is 11.1 Å². The minimum Gasteiger partial charge on any atom is -0.394 e. The molecule has 21 nitrogen and oxygen atoms in total. The van der Waals surface area contributed by atoms with Crippen LogP contribution < -0.4 is 11.3 Å². The number of nitrogens with one attached hydrogen (secondary N) is 1. The molecule has 4 atom stereocenters. The molecule has 1 aliphatic heterocycles. The van der Waals surface area contributed by atoms with Crippen molar-refractivity contribution in [2.24, 2.45) is 0 Å². The number of fused-ring (bicyclic) bond motifs is 1. The summed E-state index contributed by atoms with van der Waals surface area (Å²) < 4.78 is 33.5. The molecule has 0 aliphatic carbocycles. The van der Waals surface area contributed by atoms with Crippen molar-refractivity contribution < 1.29 is 72.7 Å². The van der Waals surface area contributed by atoms with Crippen LogP contribution >= 0.6 is 35.1 Å². The topological polar surface area (TPSA) is 373 Å². The Morgan fingerprint density at radius 1 is 1.03 bits per heavy atom. The van der Waals surface area contributed by atoms with Crippen molar-refractivity contribution in [1.82, 2.24) is 19.5 Å². The SMILES string of the molecule is Nc1nc2c(ncn2[C@@H]2O[C@H](CO)[C@@H](O)[C@@H]2Cl)c(=O)[nH]1.O=P(O)(O)O.O=P(O)(O)O.O=P(O)(O)O. The summed E-state index contributed by atoms with van der Waals surface area (Å²) >= 11 is 6.09. The van der Waals surface area contributed by atoms with Crippen LogP contribution in [0.3, 0.4) is 0 Å². The predicted octanol–water partition coefficient (Wildman–Crippen LogP) is -4.23. The molecule has 0 aromatic carbocycles. The molecule has 204 valence electrons. The summed E-state index contributed by atoms with van der Waals surface area (Å²) in [7, 11) is -13.9. The molecule has 0 bridgehead atoms. The highest BCUT2D eigenvalue weighted by Gasteiger charge is 2.44. The maximum atomic E-state index is 11.7. The van der Waals surface area contributed by atoms with E-state index in [9.17, 15) is 9.90 Å². The van der Waals surface area contributed by atoms with E-state index in [1.807, 2.05) is 0 Å². The smallest absolute Gasteiger partial charge is 0.394 e. The molecule has 3 rings (SSSR count). The van der Waals surface area contributed by atoms with Crippen LogP contribution in [-0.4, -0.2) is 98.0 Å². The average molecular weight is 596 g/mol. The molecule has 35 heavy (non-hydrogen) atoms. The van der Waals surface area contributed by atoms with Crippen molar-refractivity contribution in [3.8, 4) is 0 Å². The van der Waals surface area contributed by atoms with Crippen molar-refractivity contribution in [2.45, 2.75) is 23.8 Å². The van der Waals surface area contributed by atoms with Crippen molar-refractivity contribution in [2.75, 3.05) is 12.3 Å². The van der Waals surface area contributed by atoms with E-state index in [4.69, 9.17) is 84.9 Å². The zero-order valence-corrected chi connectivity index (χ0v) is 20.1. The molecule has 25 heteroatoms. The lowest BCUT2D eigenvalue weighted by Gasteiger charge is -2.15. The molecule has 0 amide bonds. The molecule has 2 aromatic heterocycles. The second-order valence-electron chi connectivity index (χ2n) is 6.00. The number of aliphatic hydroxyl groups excluding tert-OH is 2. The van der Waals surface area contributed by atoms with Gasteiger partial charge in [-0.3, -0.25) is 14.3 Å². The number of imidazole rings is 1. The minimum absolute atomic E-state index is 0.0624. The fraction of sp³-hybridized carbons (Fsp3) is 0.500. The number of nitrogens with two attached hydrogens (primary N) is 1. The Morgan fingerprint density at radius 2 is 1.46 bits per heavy atom. The number of ether oxygens (including phenoxy) is 1. The standard InChI is InChI=1S/C10H12ClN5O4.3H3O4P/c11-4-6(18)3(1-17)20-9(4)16-2-13-5-7(16)14-10(12)15-8(5)19;3*1-5(2,3)4/h2-4,6,9,17-18H,1H2,(H3,12,14,15,19);3*(H3,1,2,3,4)/t3-,4+,6-,9-;;;/m1.../s1. The maximum Gasteiger partial charge on any atom is 0.466 e. The average Bonchev–Trinajstić information content (AvgIpc) is 3.12. The van der Waals surface area contributed by atoms with E-state index >= 15 is 0 Å². The van der Waals surface area contributed by atoms with Crippen LogP contribution in [0.25, 0.3) is 11.2 Å². The van der Waals surface area contributed by atoms with Crippen LogP contribution in [0.4, 0.5) is 5.95 Å². The first kappa shape index (κ1) is 33.7. The van der Waals surface area contributed by atoms with E-state index in [-0.39, 0.29) is 23.7 Å². The van der Waals surface area contributed by atoms with Gasteiger partial charge in [0.25, 0.3) is 5.56 Å². The maximum absolute atomic E-state index is 11.7. The molecule has 1 saturated heterocycles. The van der Waals surface area contributed by atoms with Gasteiger partial charge in [-0.1, -0.05) is 0 Å². The summed E-state index contributed by atoms with van der Waals surface area (Å²) in [4.78, 5) is 86.6. The van der Waals surface area contributed by atoms with Gasteiger partial charge >= 0.3 is 23.5 Å². The van der Waals surface area contributed by atoms with Crippen molar-refractivity contribution in [1.29, 1.82) is 0 Å². The highest BCUT2D eigenvalue weighted by molar-refractivity contribution is 7.45. The number of aromatic amines is 1. The number of nitrogens with zero attached hydrogens (tertiary/aromatic N) is 3. The molecule has 2 aromatic rings. The van der Waals surface area contributed by atoms with Crippen molar-refractivity contribution in [3.05, 3.63) is 16.7 Å². The first-order chi connectivity index (χ1) is 15.5. The normalized spacial score (nSPS) is 22.3.